The summed E-state index contributed by atoms with van der Waals surface area (Å²) in [5, 5.41) is 0.877. The molecule has 0 aliphatic heterocycles. The van der Waals surface area contributed by atoms with E-state index in [0.29, 0.717) is 0 Å². The molecular weight excluding hydrogens is 366 g/mol. The average molecular weight is 383 g/mol. The first-order valence-corrected chi connectivity index (χ1v) is 8.25. The van der Waals surface area contributed by atoms with Crippen LogP contribution in [0.2, 0.25) is 0 Å². The van der Waals surface area contributed by atoms with E-state index in [1.807, 2.05) is 0 Å². The second-order valence-corrected chi connectivity index (χ2v) is 5.92. The molecule has 19 heavy (non-hydrogen) atoms. The van der Waals surface area contributed by atoms with Crippen LogP contribution in [0.15, 0.2) is 46.9 Å². The third-order valence-corrected chi connectivity index (χ3v) is 4.37. The van der Waals surface area contributed by atoms with E-state index in [1.165, 1.54) is 22.5 Å². The Hall–Kier alpha value is -0.800. The summed E-state index contributed by atoms with van der Waals surface area (Å²) in [6, 6.07) is 15.1. The normalized spacial score (nSPS) is 10.5. The maximum atomic E-state index is 3.68. The molecule has 2 rings (SSSR count). The van der Waals surface area contributed by atoms with Gasteiger partial charge in [-0.05, 0) is 65.2 Å². The number of rotatable bonds is 4. The predicted molar refractivity (Wildman–Crippen MR) is 90.6 cm³/mol. The van der Waals surface area contributed by atoms with Crippen LogP contribution in [0.3, 0.4) is 0 Å². The quantitative estimate of drug-likeness (QED) is 0.603. The van der Waals surface area contributed by atoms with E-state index >= 15 is 0 Å². The van der Waals surface area contributed by atoms with Crippen LogP contribution in [-0.4, -0.2) is 6.54 Å². The Morgan fingerprint density at radius 3 is 2.47 bits per heavy atom. The molecule has 0 atom stereocenters. The molecule has 0 aliphatic rings. The zero-order valence-electron chi connectivity index (χ0n) is 11.2. The maximum Gasteiger partial charge on any atom is 0.0555 e. The van der Waals surface area contributed by atoms with Gasteiger partial charge in [-0.3, -0.25) is 0 Å². The lowest BCUT2D eigenvalue weighted by Gasteiger charge is -2.25. The van der Waals surface area contributed by atoms with Crippen molar-refractivity contribution >= 4 is 43.2 Å². The largest absolute Gasteiger partial charge is 0.341 e. The van der Waals surface area contributed by atoms with Gasteiger partial charge in [0, 0.05) is 22.0 Å². The Kier molecular flexibility index (Phi) is 5.06. The van der Waals surface area contributed by atoms with Crippen LogP contribution in [0.4, 0.5) is 11.4 Å². The van der Waals surface area contributed by atoms with Crippen LogP contribution in [0.1, 0.15) is 18.1 Å². The fourth-order valence-corrected chi connectivity index (χ4v) is 3.13. The highest BCUT2D eigenvalue weighted by Crippen LogP contribution is 2.33. The van der Waals surface area contributed by atoms with Crippen molar-refractivity contribution < 1.29 is 0 Å². The molecule has 0 spiro atoms. The standard InChI is InChI=1S/C16H17Br2N/c1-3-19(14-6-4-5-12(2)9-14)16-8-7-13(11-17)10-15(16)18/h4-10H,3,11H2,1-2H3. The van der Waals surface area contributed by atoms with Gasteiger partial charge in [-0.1, -0.05) is 34.1 Å². The van der Waals surface area contributed by atoms with Gasteiger partial charge in [0.25, 0.3) is 0 Å². The number of halogens is 2. The molecule has 0 aromatic heterocycles. The Labute approximate surface area is 131 Å². The number of hydrogen-bond acceptors (Lipinski definition) is 1. The topological polar surface area (TPSA) is 3.24 Å². The van der Waals surface area contributed by atoms with Gasteiger partial charge in [-0.25, -0.2) is 0 Å². The van der Waals surface area contributed by atoms with Crippen molar-refractivity contribution in [2.45, 2.75) is 19.2 Å². The minimum Gasteiger partial charge on any atom is -0.341 e. The van der Waals surface area contributed by atoms with Crippen molar-refractivity contribution in [3.05, 3.63) is 58.1 Å². The lowest BCUT2D eigenvalue weighted by molar-refractivity contribution is 1.02. The van der Waals surface area contributed by atoms with Crippen molar-refractivity contribution in [1.29, 1.82) is 0 Å². The summed E-state index contributed by atoms with van der Waals surface area (Å²) in [7, 11) is 0. The molecule has 1 nitrogen and oxygen atoms in total. The fourth-order valence-electron chi connectivity index (χ4n) is 2.14. The van der Waals surface area contributed by atoms with Gasteiger partial charge < -0.3 is 4.90 Å². The van der Waals surface area contributed by atoms with Crippen LogP contribution in [0.5, 0.6) is 0 Å². The van der Waals surface area contributed by atoms with E-state index in [4.69, 9.17) is 0 Å². The fraction of sp³-hybridized carbons (Fsp3) is 0.250. The van der Waals surface area contributed by atoms with E-state index in [-0.39, 0.29) is 0 Å². The molecule has 0 amide bonds. The molecule has 0 saturated carbocycles. The first-order valence-electron chi connectivity index (χ1n) is 6.34. The molecule has 0 saturated heterocycles. The van der Waals surface area contributed by atoms with Crippen molar-refractivity contribution in [2.24, 2.45) is 0 Å². The number of benzene rings is 2. The number of aryl methyl sites for hydroxylation is 1. The van der Waals surface area contributed by atoms with Gasteiger partial charge in [0.05, 0.1) is 5.69 Å². The molecule has 3 heteroatoms. The van der Waals surface area contributed by atoms with Crippen LogP contribution < -0.4 is 4.90 Å². The third kappa shape index (κ3) is 3.40. The molecule has 0 unspecified atom stereocenters. The Balaban J connectivity index is 2.42. The summed E-state index contributed by atoms with van der Waals surface area (Å²) in [5.41, 5.74) is 4.99. The van der Waals surface area contributed by atoms with Crippen molar-refractivity contribution in [3.63, 3.8) is 0 Å². The number of alkyl halides is 1. The second-order valence-electron chi connectivity index (χ2n) is 4.50. The van der Waals surface area contributed by atoms with Crippen molar-refractivity contribution in [3.8, 4) is 0 Å². The van der Waals surface area contributed by atoms with Gasteiger partial charge in [0.1, 0.15) is 0 Å². The summed E-state index contributed by atoms with van der Waals surface area (Å²) < 4.78 is 1.13. The lowest BCUT2D eigenvalue weighted by atomic mass is 10.1. The Morgan fingerprint density at radius 2 is 1.89 bits per heavy atom. The molecule has 0 heterocycles. The highest BCUT2D eigenvalue weighted by Gasteiger charge is 2.11. The summed E-state index contributed by atoms with van der Waals surface area (Å²) >= 11 is 7.17. The van der Waals surface area contributed by atoms with Gasteiger partial charge in [0.15, 0.2) is 0 Å². The molecule has 0 fully saturated rings. The molecule has 0 N–H and O–H groups in total. The Morgan fingerprint density at radius 1 is 1.11 bits per heavy atom. The lowest BCUT2D eigenvalue weighted by Crippen LogP contribution is -2.16. The van der Waals surface area contributed by atoms with Gasteiger partial charge in [-0.2, -0.15) is 0 Å². The van der Waals surface area contributed by atoms with E-state index in [1.54, 1.807) is 0 Å². The van der Waals surface area contributed by atoms with E-state index in [9.17, 15) is 0 Å². The molecule has 2 aromatic rings. The minimum absolute atomic E-state index is 0.877. The highest BCUT2D eigenvalue weighted by molar-refractivity contribution is 9.10. The summed E-state index contributed by atoms with van der Waals surface area (Å²) in [6.07, 6.45) is 0. The predicted octanol–water partition coefficient (Wildman–Crippen LogP) is 5.81. The number of hydrogen-bond donors (Lipinski definition) is 0. The zero-order chi connectivity index (χ0) is 13.8. The molecular formula is C16H17Br2N. The molecule has 2 aromatic carbocycles. The number of nitrogens with zero attached hydrogens (tertiary/aromatic N) is 1. The van der Waals surface area contributed by atoms with Crippen LogP contribution in [0.25, 0.3) is 0 Å². The zero-order valence-corrected chi connectivity index (χ0v) is 14.3. The first kappa shape index (κ1) is 14.6. The molecule has 0 bridgehead atoms. The third-order valence-electron chi connectivity index (χ3n) is 3.09. The summed E-state index contributed by atoms with van der Waals surface area (Å²) in [5.74, 6) is 0. The van der Waals surface area contributed by atoms with Crippen LogP contribution in [-0.2, 0) is 5.33 Å². The molecule has 0 aliphatic carbocycles. The Bertz CT molecular complexity index is 566. The summed E-state index contributed by atoms with van der Waals surface area (Å²) in [6.45, 7) is 5.24. The van der Waals surface area contributed by atoms with Crippen LogP contribution in [0, 0.1) is 6.92 Å². The SMILES string of the molecule is CCN(c1cccc(C)c1)c1ccc(CBr)cc1Br. The highest BCUT2D eigenvalue weighted by atomic mass is 79.9. The number of anilines is 2. The molecule has 0 radical (unpaired) electrons. The smallest absolute Gasteiger partial charge is 0.0555 e. The molecule has 100 valence electrons. The minimum atomic E-state index is 0.877. The monoisotopic (exact) mass is 381 g/mol. The summed E-state index contributed by atoms with van der Waals surface area (Å²) in [4.78, 5) is 2.31. The van der Waals surface area contributed by atoms with Gasteiger partial charge in [-0.15, -0.1) is 0 Å². The van der Waals surface area contributed by atoms with E-state index in [0.717, 1.165) is 16.3 Å². The van der Waals surface area contributed by atoms with Gasteiger partial charge >= 0.3 is 0 Å². The van der Waals surface area contributed by atoms with Crippen molar-refractivity contribution in [2.75, 3.05) is 11.4 Å². The van der Waals surface area contributed by atoms with E-state index in [2.05, 4.69) is 93.1 Å². The van der Waals surface area contributed by atoms with Crippen LogP contribution >= 0.6 is 31.9 Å². The average Bonchev–Trinajstić information content (AvgIpc) is 2.41. The van der Waals surface area contributed by atoms with E-state index < -0.39 is 0 Å². The first-order chi connectivity index (χ1) is 9.15. The second kappa shape index (κ2) is 6.58. The maximum absolute atomic E-state index is 3.68. The van der Waals surface area contributed by atoms with Gasteiger partial charge in [0.2, 0.25) is 0 Å². The van der Waals surface area contributed by atoms with Crippen molar-refractivity contribution in [1.82, 2.24) is 0 Å².